The Morgan fingerprint density at radius 2 is 2.05 bits per heavy atom. The molecule has 0 radical (unpaired) electrons. The zero-order valence-electron chi connectivity index (χ0n) is 11.3. The molecule has 20 heavy (non-hydrogen) atoms. The number of hydrogen-bond acceptors (Lipinski definition) is 4. The van der Waals surface area contributed by atoms with E-state index in [1.54, 1.807) is 14.0 Å². The van der Waals surface area contributed by atoms with Gasteiger partial charge in [-0.05, 0) is 24.6 Å². The molecule has 0 saturated heterocycles. The lowest BCUT2D eigenvalue weighted by atomic mass is 10.2. The van der Waals surface area contributed by atoms with E-state index in [0.29, 0.717) is 12.4 Å². The molecule has 1 aromatic heterocycles. The second-order valence-electron chi connectivity index (χ2n) is 4.24. The topological polar surface area (TPSA) is 84.1 Å². The summed E-state index contributed by atoms with van der Waals surface area (Å²) in [7, 11) is 1.59. The molecule has 0 bridgehead atoms. The lowest BCUT2D eigenvalue weighted by Gasteiger charge is -2.06. The van der Waals surface area contributed by atoms with Gasteiger partial charge in [-0.3, -0.25) is 9.59 Å². The van der Waals surface area contributed by atoms with Gasteiger partial charge in [0.05, 0.1) is 7.11 Å². The van der Waals surface area contributed by atoms with Crippen molar-refractivity contribution in [2.75, 3.05) is 7.11 Å². The third-order valence-corrected chi connectivity index (χ3v) is 2.78. The molecule has 1 aromatic carbocycles. The number of nitrogens with one attached hydrogen (secondary N) is 2. The Kier molecular flexibility index (Phi) is 4.14. The van der Waals surface area contributed by atoms with E-state index in [1.165, 1.54) is 6.20 Å². The number of nitrogens with zero attached hydrogens (tertiary/aromatic N) is 1. The maximum absolute atomic E-state index is 11.9. The standard InChI is InChI=1S/C14H15N3O3/c1-9-15-8-12(14(19)17-9)13(18)16-7-10-3-5-11(20-2)6-4-10/h3-6,8H,7H2,1-2H3,(H,16,18)(H,15,17,19). The third-order valence-electron chi connectivity index (χ3n) is 2.78. The molecular formula is C14H15N3O3. The van der Waals surface area contributed by atoms with E-state index >= 15 is 0 Å². The normalized spacial score (nSPS) is 10.1. The van der Waals surface area contributed by atoms with E-state index in [1.807, 2.05) is 24.3 Å². The van der Waals surface area contributed by atoms with E-state index in [-0.39, 0.29) is 5.56 Å². The fourth-order valence-electron chi connectivity index (χ4n) is 1.67. The first-order valence-corrected chi connectivity index (χ1v) is 6.07. The highest BCUT2D eigenvalue weighted by Crippen LogP contribution is 2.10. The van der Waals surface area contributed by atoms with Crippen molar-refractivity contribution in [2.24, 2.45) is 0 Å². The van der Waals surface area contributed by atoms with E-state index in [9.17, 15) is 9.59 Å². The Bertz CT molecular complexity index is 662. The molecule has 0 spiro atoms. The van der Waals surface area contributed by atoms with Gasteiger partial charge in [-0.25, -0.2) is 4.98 Å². The van der Waals surface area contributed by atoms with Crippen LogP contribution in [0.2, 0.25) is 0 Å². The minimum absolute atomic E-state index is 0.00381. The molecule has 1 heterocycles. The van der Waals surface area contributed by atoms with Crippen molar-refractivity contribution < 1.29 is 9.53 Å². The van der Waals surface area contributed by atoms with Crippen LogP contribution in [0.15, 0.2) is 35.3 Å². The van der Waals surface area contributed by atoms with E-state index in [2.05, 4.69) is 15.3 Å². The summed E-state index contributed by atoms with van der Waals surface area (Å²) in [6, 6.07) is 7.30. The Morgan fingerprint density at radius 1 is 1.35 bits per heavy atom. The molecule has 0 aliphatic heterocycles. The van der Waals surface area contributed by atoms with Crippen molar-refractivity contribution in [2.45, 2.75) is 13.5 Å². The highest BCUT2D eigenvalue weighted by atomic mass is 16.5. The molecule has 0 aliphatic carbocycles. The SMILES string of the molecule is COc1ccc(CNC(=O)c2cnc(C)[nH]c2=O)cc1. The first-order valence-electron chi connectivity index (χ1n) is 6.07. The number of ether oxygens (including phenoxy) is 1. The third kappa shape index (κ3) is 3.23. The number of aromatic amines is 1. The van der Waals surface area contributed by atoms with Crippen molar-refractivity contribution in [1.29, 1.82) is 0 Å². The van der Waals surface area contributed by atoms with Gasteiger partial charge in [-0.2, -0.15) is 0 Å². The molecule has 2 N–H and O–H groups in total. The fraction of sp³-hybridized carbons (Fsp3) is 0.214. The number of carbonyl (C=O) groups is 1. The largest absolute Gasteiger partial charge is 0.497 e. The maximum atomic E-state index is 11.9. The molecule has 1 amide bonds. The maximum Gasteiger partial charge on any atom is 0.263 e. The van der Waals surface area contributed by atoms with Gasteiger partial charge in [0, 0.05) is 12.7 Å². The molecule has 0 fully saturated rings. The van der Waals surface area contributed by atoms with Crippen LogP contribution in [0.4, 0.5) is 0 Å². The van der Waals surface area contributed by atoms with Crippen LogP contribution >= 0.6 is 0 Å². The van der Waals surface area contributed by atoms with Crippen LogP contribution < -0.4 is 15.6 Å². The first kappa shape index (κ1) is 13.8. The van der Waals surface area contributed by atoms with E-state index in [4.69, 9.17) is 4.74 Å². The molecular weight excluding hydrogens is 258 g/mol. The monoisotopic (exact) mass is 273 g/mol. The minimum Gasteiger partial charge on any atom is -0.497 e. The molecule has 0 atom stereocenters. The Hall–Kier alpha value is -2.63. The van der Waals surface area contributed by atoms with E-state index < -0.39 is 11.5 Å². The summed E-state index contributed by atoms with van der Waals surface area (Å²) in [4.78, 5) is 29.9. The number of carbonyl (C=O) groups excluding carboxylic acids is 1. The summed E-state index contributed by atoms with van der Waals surface area (Å²) < 4.78 is 5.05. The summed E-state index contributed by atoms with van der Waals surface area (Å²) >= 11 is 0. The number of methoxy groups -OCH3 is 1. The van der Waals surface area contributed by atoms with Crippen LogP contribution in [0.1, 0.15) is 21.7 Å². The summed E-state index contributed by atoms with van der Waals surface area (Å²) in [5.41, 5.74) is 0.476. The second kappa shape index (κ2) is 6.01. The Morgan fingerprint density at radius 3 is 2.65 bits per heavy atom. The van der Waals surface area contributed by atoms with Gasteiger partial charge >= 0.3 is 0 Å². The van der Waals surface area contributed by atoms with Crippen LogP contribution in [0.3, 0.4) is 0 Å². The average Bonchev–Trinajstić information content (AvgIpc) is 2.45. The van der Waals surface area contributed by atoms with Crippen molar-refractivity contribution in [3.8, 4) is 5.75 Å². The summed E-state index contributed by atoms with van der Waals surface area (Å²) in [5, 5.41) is 2.67. The van der Waals surface area contributed by atoms with Crippen LogP contribution in [0.5, 0.6) is 5.75 Å². The number of amides is 1. The molecule has 6 nitrogen and oxygen atoms in total. The predicted molar refractivity (Wildman–Crippen MR) is 73.8 cm³/mol. The van der Waals surface area contributed by atoms with Crippen molar-refractivity contribution >= 4 is 5.91 Å². The summed E-state index contributed by atoms with van der Waals surface area (Å²) in [6.45, 7) is 1.98. The lowest BCUT2D eigenvalue weighted by Crippen LogP contribution is -2.29. The molecule has 0 unspecified atom stereocenters. The van der Waals surface area contributed by atoms with Gasteiger partial charge in [0.1, 0.15) is 17.1 Å². The Labute approximate surface area is 115 Å². The van der Waals surface area contributed by atoms with Crippen LogP contribution in [-0.2, 0) is 6.54 Å². The van der Waals surface area contributed by atoms with Crippen LogP contribution in [0, 0.1) is 6.92 Å². The smallest absolute Gasteiger partial charge is 0.263 e. The zero-order chi connectivity index (χ0) is 14.5. The van der Waals surface area contributed by atoms with Gasteiger partial charge in [0.2, 0.25) is 0 Å². The first-order chi connectivity index (χ1) is 9.60. The zero-order valence-corrected chi connectivity index (χ0v) is 11.3. The number of H-pyrrole nitrogens is 1. The summed E-state index contributed by atoms with van der Waals surface area (Å²) in [6.07, 6.45) is 1.28. The molecule has 0 aliphatic rings. The fourth-order valence-corrected chi connectivity index (χ4v) is 1.67. The molecule has 6 heteroatoms. The van der Waals surface area contributed by atoms with Crippen LogP contribution in [0.25, 0.3) is 0 Å². The molecule has 2 rings (SSSR count). The molecule has 2 aromatic rings. The number of rotatable bonds is 4. The second-order valence-corrected chi connectivity index (χ2v) is 4.24. The minimum atomic E-state index is -0.449. The summed E-state index contributed by atoms with van der Waals surface area (Å²) in [5.74, 6) is 0.774. The van der Waals surface area contributed by atoms with Gasteiger partial charge in [-0.15, -0.1) is 0 Å². The predicted octanol–water partition coefficient (Wildman–Crippen LogP) is 1.02. The number of aryl methyl sites for hydroxylation is 1. The van der Waals surface area contributed by atoms with Gasteiger partial charge in [0.15, 0.2) is 0 Å². The highest BCUT2D eigenvalue weighted by molar-refractivity contribution is 5.93. The van der Waals surface area contributed by atoms with E-state index in [0.717, 1.165) is 11.3 Å². The van der Waals surface area contributed by atoms with Gasteiger partial charge in [0.25, 0.3) is 11.5 Å². The Balaban J connectivity index is 2.02. The number of benzene rings is 1. The lowest BCUT2D eigenvalue weighted by molar-refractivity contribution is 0.0949. The molecule has 104 valence electrons. The van der Waals surface area contributed by atoms with Crippen molar-refractivity contribution in [3.05, 3.63) is 57.8 Å². The quantitative estimate of drug-likeness (QED) is 0.871. The van der Waals surface area contributed by atoms with Crippen molar-refractivity contribution in [1.82, 2.24) is 15.3 Å². The van der Waals surface area contributed by atoms with Crippen molar-refractivity contribution in [3.63, 3.8) is 0 Å². The van der Waals surface area contributed by atoms with Crippen LogP contribution in [-0.4, -0.2) is 23.0 Å². The van der Waals surface area contributed by atoms with Gasteiger partial charge in [-0.1, -0.05) is 12.1 Å². The number of aromatic nitrogens is 2. The molecule has 0 saturated carbocycles. The average molecular weight is 273 g/mol. The number of hydrogen-bond donors (Lipinski definition) is 2. The van der Waals surface area contributed by atoms with Gasteiger partial charge < -0.3 is 15.0 Å². The highest BCUT2D eigenvalue weighted by Gasteiger charge is 2.10.